The lowest BCUT2D eigenvalue weighted by molar-refractivity contribution is -0.111. The highest BCUT2D eigenvalue weighted by Crippen LogP contribution is 2.66. The minimum atomic E-state index is -1.02. The highest BCUT2D eigenvalue weighted by molar-refractivity contribution is 6.30. The molecule has 3 atom stereocenters. The molecule has 0 aliphatic carbocycles. The average molecular weight is 518 g/mol. The summed E-state index contributed by atoms with van der Waals surface area (Å²) >= 11 is 6.12. The molecule has 8 nitrogen and oxygen atoms in total. The fourth-order valence-electron chi connectivity index (χ4n) is 6.19. The van der Waals surface area contributed by atoms with Gasteiger partial charge in [0.1, 0.15) is 11.2 Å². The molecule has 37 heavy (non-hydrogen) atoms. The van der Waals surface area contributed by atoms with Crippen molar-refractivity contribution in [2.24, 2.45) is 0 Å². The van der Waals surface area contributed by atoms with E-state index in [2.05, 4.69) is 6.07 Å². The second kappa shape index (κ2) is 8.12. The summed E-state index contributed by atoms with van der Waals surface area (Å²) in [5.74, 6) is -0.285. The Morgan fingerprint density at radius 1 is 1.14 bits per heavy atom. The molecule has 0 spiro atoms. The van der Waals surface area contributed by atoms with Gasteiger partial charge >= 0.3 is 0 Å². The monoisotopic (exact) mass is 517 g/mol. The van der Waals surface area contributed by atoms with Gasteiger partial charge in [-0.25, -0.2) is 0 Å². The number of nitrogens with zero attached hydrogens (tertiary/aromatic N) is 3. The van der Waals surface area contributed by atoms with Crippen molar-refractivity contribution < 1.29 is 19.7 Å². The molecular weight excluding hydrogens is 494 g/mol. The molecule has 2 aromatic carbocycles. The van der Waals surface area contributed by atoms with Gasteiger partial charge in [0, 0.05) is 43.1 Å². The van der Waals surface area contributed by atoms with E-state index in [9.17, 15) is 20.3 Å². The van der Waals surface area contributed by atoms with E-state index in [1.807, 2.05) is 31.2 Å². The third-order valence-corrected chi connectivity index (χ3v) is 8.08. The van der Waals surface area contributed by atoms with Crippen molar-refractivity contribution >= 4 is 22.4 Å². The second-order valence-corrected chi connectivity index (χ2v) is 10.2. The molecule has 4 aromatic rings. The first kappa shape index (κ1) is 23.6. The molecule has 2 aromatic heterocycles. The minimum absolute atomic E-state index is 0.140. The van der Waals surface area contributed by atoms with E-state index in [1.165, 1.54) is 15.2 Å². The van der Waals surface area contributed by atoms with Crippen LogP contribution in [0.2, 0.25) is 5.02 Å². The summed E-state index contributed by atoms with van der Waals surface area (Å²) in [5, 5.41) is 34.7. The predicted molar refractivity (Wildman–Crippen MR) is 137 cm³/mol. The van der Waals surface area contributed by atoms with Crippen LogP contribution in [0.5, 0.6) is 11.8 Å². The van der Waals surface area contributed by atoms with Gasteiger partial charge in [-0.1, -0.05) is 35.9 Å². The van der Waals surface area contributed by atoms with Gasteiger partial charge in [-0.05, 0) is 31.5 Å². The molecule has 2 bridgehead atoms. The summed E-state index contributed by atoms with van der Waals surface area (Å²) in [7, 11) is 1.59. The largest absolute Gasteiger partial charge is 0.494 e. The van der Waals surface area contributed by atoms with Crippen LogP contribution in [0.4, 0.5) is 0 Å². The van der Waals surface area contributed by atoms with E-state index in [-0.39, 0.29) is 30.0 Å². The van der Waals surface area contributed by atoms with Gasteiger partial charge in [0.05, 0.1) is 39.6 Å². The number of nitriles is 1. The lowest BCUT2D eigenvalue weighted by Crippen LogP contribution is -2.35. The van der Waals surface area contributed by atoms with Crippen molar-refractivity contribution in [3.05, 3.63) is 86.8 Å². The zero-order chi connectivity index (χ0) is 26.1. The zero-order valence-electron chi connectivity index (χ0n) is 20.2. The molecule has 2 N–H and O–H groups in total. The molecule has 0 saturated carbocycles. The highest BCUT2D eigenvalue weighted by atomic mass is 35.5. The predicted octanol–water partition coefficient (Wildman–Crippen LogP) is 4.68. The van der Waals surface area contributed by atoms with Crippen molar-refractivity contribution in [1.82, 2.24) is 9.13 Å². The van der Waals surface area contributed by atoms with Crippen LogP contribution in [-0.2, 0) is 27.2 Å². The Balaban J connectivity index is 1.54. The number of hydrogen-bond donors (Lipinski definition) is 2. The molecule has 9 heteroatoms. The second-order valence-electron chi connectivity index (χ2n) is 9.78. The summed E-state index contributed by atoms with van der Waals surface area (Å²) in [6.45, 7) is 2.14. The van der Waals surface area contributed by atoms with Crippen LogP contribution in [0.3, 0.4) is 0 Å². The number of fused-ring (bicyclic) bond motifs is 6. The maximum absolute atomic E-state index is 12.4. The van der Waals surface area contributed by atoms with E-state index in [0.29, 0.717) is 51.0 Å². The summed E-state index contributed by atoms with van der Waals surface area (Å²) in [6, 6.07) is 15.9. The first-order chi connectivity index (χ1) is 17.7. The SMILES string of the molecule is CO[C@H]1C[C@@]2(CCn3cc(Cl)ccc3=O)O[C@]1(C)c1c2c(O)n(-c2ccc(C#N)c3ccccc23)c1O. The van der Waals surface area contributed by atoms with Crippen molar-refractivity contribution in [3.8, 4) is 23.5 Å². The third-order valence-electron chi connectivity index (χ3n) is 7.86. The molecule has 2 aliphatic heterocycles. The molecule has 6 rings (SSSR count). The fraction of sp³-hybridized carbons (Fsp3) is 0.286. The van der Waals surface area contributed by atoms with Gasteiger partial charge in [-0.15, -0.1) is 0 Å². The van der Waals surface area contributed by atoms with Crippen LogP contribution < -0.4 is 5.56 Å². The summed E-state index contributed by atoms with van der Waals surface area (Å²) < 4.78 is 15.3. The normalized spacial score (nSPS) is 23.9. The van der Waals surface area contributed by atoms with E-state index in [4.69, 9.17) is 21.1 Å². The number of methoxy groups -OCH3 is 1. The Labute approximate surface area is 217 Å². The van der Waals surface area contributed by atoms with Gasteiger partial charge < -0.3 is 24.3 Å². The number of benzene rings is 2. The van der Waals surface area contributed by atoms with Crippen LogP contribution in [0, 0.1) is 11.3 Å². The Morgan fingerprint density at radius 2 is 1.86 bits per heavy atom. The maximum Gasteiger partial charge on any atom is 0.250 e. The summed E-state index contributed by atoms with van der Waals surface area (Å²) in [4.78, 5) is 12.4. The molecule has 2 aliphatic rings. The lowest BCUT2D eigenvalue weighted by atomic mass is 9.76. The molecule has 0 amide bonds. The first-order valence-electron chi connectivity index (χ1n) is 11.9. The summed E-state index contributed by atoms with van der Waals surface area (Å²) in [6.07, 6.45) is 1.98. The number of aromatic nitrogens is 2. The Kier molecular flexibility index (Phi) is 5.18. The van der Waals surface area contributed by atoms with E-state index < -0.39 is 11.2 Å². The molecule has 188 valence electrons. The minimum Gasteiger partial charge on any atom is -0.494 e. The number of rotatable bonds is 5. The van der Waals surface area contributed by atoms with Gasteiger partial charge in [0.15, 0.2) is 0 Å². The van der Waals surface area contributed by atoms with Crippen molar-refractivity contribution in [2.75, 3.05) is 7.11 Å². The number of ether oxygens (including phenoxy) is 2. The standard InChI is InChI=1S/C28H24ClN3O5/c1-27-21(36-2)13-28(37-27,11-12-31-15-17(29)8-10-22(31)33)24-23(27)25(34)32(26(24)35)20-9-7-16(14-30)18-5-3-4-6-19(18)20/h3-10,15,21,34-35H,11-13H2,1-2H3/t21-,27-,28+/m0/s1. The molecule has 0 radical (unpaired) electrons. The maximum atomic E-state index is 12.4. The van der Waals surface area contributed by atoms with Crippen molar-refractivity contribution in [1.29, 1.82) is 5.26 Å². The van der Waals surface area contributed by atoms with Crippen LogP contribution >= 0.6 is 11.6 Å². The number of halogens is 1. The molecule has 4 heterocycles. The van der Waals surface area contributed by atoms with E-state index in [1.54, 1.807) is 31.5 Å². The molecule has 1 fully saturated rings. The topological polar surface area (TPSA) is 110 Å². The smallest absolute Gasteiger partial charge is 0.250 e. The van der Waals surface area contributed by atoms with Crippen LogP contribution in [0.1, 0.15) is 36.5 Å². The van der Waals surface area contributed by atoms with Crippen molar-refractivity contribution in [2.45, 2.75) is 43.6 Å². The lowest BCUT2D eigenvalue weighted by Gasteiger charge is -2.29. The van der Waals surface area contributed by atoms with Gasteiger partial charge in [-0.2, -0.15) is 5.26 Å². The average Bonchev–Trinajstić information content (AvgIpc) is 3.45. The molecule has 0 unspecified atom stereocenters. The van der Waals surface area contributed by atoms with Gasteiger partial charge in [0.2, 0.25) is 11.8 Å². The number of aryl methyl sites for hydroxylation is 1. The zero-order valence-corrected chi connectivity index (χ0v) is 21.0. The number of pyridine rings is 1. The Bertz CT molecular complexity index is 1690. The van der Waals surface area contributed by atoms with Gasteiger partial charge in [-0.3, -0.25) is 9.36 Å². The Hall–Kier alpha value is -3.77. The summed E-state index contributed by atoms with van der Waals surface area (Å²) in [5.41, 5.74) is -0.218. The number of aromatic hydroxyl groups is 2. The first-order valence-corrected chi connectivity index (χ1v) is 12.3. The molecule has 1 saturated heterocycles. The van der Waals surface area contributed by atoms with Crippen LogP contribution in [0.25, 0.3) is 16.5 Å². The highest BCUT2D eigenvalue weighted by Gasteiger charge is 2.66. The molecular formula is C28H24ClN3O5. The fourth-order valence-corrected chi connectivity index (χ4v) is 6.37. The van der Waals surface area contributed by atoms with E-state index in [0.717, 1.165) is 0 Å². The quantitative estimate of drug-likeness (QED) is 0.398. The van der Waals surface area contributed by atoms with Crippen molar-refractivity contribution in [3.63, 3.8) is 0 Å². The number of hydrogen-bond acceptors (Lipinski definition) is 6. The van der Waals surface area contributed by atoms with Crippen LogP contribution in [-0.4, -0.2) is 32.6 Å². The van der Waals surface area contributed by atoms with Gasteiger partial charge in [0.25, 0.3) is 5.56 Å². The van der Waals surface area contributed by atoms with E-state index >= 15 is 0 Å². The van der Waals surface area contributed by atoms with Crippen LogP contribution in [0.15, 0.2) is 59.5 Å². The Morgan fingerprint density at radius 3 is 2.59 bits per heavy atom. The third kappa shape index (κ3) is 3.18.